The van der Waals surface area contributed by atoms with Crippen LogP contribution in [0.3, 0.4) is 0 Å². The second-order valence-corrected chi connectivity index (χ2v) is 7.22. The molecule has 130 valence electrons. The van der Waals surface area contributed by atoms with Gasteiger partial charge in [-0.1, -0.05) is 37.6 Å². The van der Waals surface area contributed by atoms with Crippen molar-refractivity contribution >= 4 is 29.9 Å². The van der Waals surface area contributed by atoms with E-state index in [-0.39, 0.29) is 29.8 Å². The summed E-state index contributed by atoms with van der Waals surface area (Å²) >= 11 is 5.90. The standard InChI is InChI=1S/C17H21ClN4O.ClH/c1-17(2)10-22(8-7-15(17)19)16(23)14-9-13(20-21-14)11-3-5-12(18)6-4-11;/h3-6,9,15H,7-8,10,19H2,1-2H3,(H,20,21);1H. The molecule has 1 amide bonds. The quantitative estimate of drug-likeness (QED) is 0.853. The number of hydrogen-bond donors (Lipinski definition) is 2. The minimum atomic E-state index is -0.0764. The van der Waals surface area contributed by atoms with Crippen LogP contribution in [0.15, 0.2) is 30.3 Å². The number of carbonyl (C=O) groups is 1. The van der Waals surface area contributed by atoms with Crippen molar-refractivity contribution in [2.24, 2.45) is 11.1 Å². The first-order valence-electron chi connectivity index (χ1n) is 7.73. The van der Waals surface area contributed by atoms with Crippen molar-refractivity contribution in [2.75, 3.05) is 13.1 Å². The Bertz CT molecular complexity index is 712. The van der Waals surface area contributed by atoms with Crippen LogP contribution in [-0.2, 0) is 0 Å². The molecule has 1 aromatic heterocycles. The largest absolute Gasteiger partial charge is 0.337 e. The number of likely N-dealkylation sites (tertiary alicyclic amines) is 1. The van der Waals surface area contributed by atoms with E-state index in [9.17, 15) is 4.79 Å². The summed E-state index contributed by atoms with van der Waals surface area (Å²) in [6, 6.07) is 9.29. The molecule has 0 radical (unpaired) electrons. The second-order valence-electron chi connectivity index (χ2n) is 6.78. The molecule has 3 N–H and O–H groups in total. The number of nitrogens with two attached hydrogens (primary N) is 1. The van der Waals surface area contributed by atoms with Gasteiger partial charge in [-0.2, -0.15) is 5.10 Å². The van der Waals surface area contributed by atoms with Crippen molar-refractivity contribution in [3.63, 3.8) is 0 Å². The second kappa shape index (κ2) is 7.13. The molecule has 3 rings (SSSR count). The Balaban J connectivity index is 0.00000208. The van der Waals surface area contributed by atoms with Gasteiger partial charge in [0.2, 0.25) is 0 Å². The van der Waals surface area contributed by atoms with E-state index < -0.39 is 0 Å². The van der Waals surface area contributed by atoms with Crippen LogP contribution in [0.1, 0.15) is 30.8 Å². The summed E-state index contributed by atoms with van der Waals surface area (Å²) in [5.74, 6) is -0.0299. The Morgan fingerprint density at radius 2 is 2.04 bits per heavy atom. The third kappa shape index (κ3) is 3.74. The lowest BCUT2D eigenvalue weighted by Crippen LogP contribution is -2.54. The van der Waals surface area contributed by atoms with E-state index >= 15 is 0 Å². The zero-order valence-electron chi connectivity index (χ0n) is 13.8. The van der Waals surface area contributed by atoms with Crippen LogP contribution >= 0.6 is 24.0 Å². The van der Waals surface area contributed by atoms with Gasteiger partial charge >= 0.3 is 0 Å². The molecule has 1 fully saturated rings. The van der Waals surface area contributed by atoms with Crippen LogP contribution in [0.2, 0.25) is 5.02 Å². The summed E-state index contributed by atoms with van der Waals surface area (Å²) in [5.41, 5.74) is 8.22. The Morgan fingerprint density at radius 1 is 1.38 bits per heavy atom. The van der Waals surface area contributed by atoms with E-state index in [4.69, 9.17) is 17.3 Å². The number of halogens is 2. The number of hydrogen-bond acceptors (Lipinski definition) is 3. The van der Waals surface area contributed by atoms with Gasteiger partial charge in [-0.3, -0.25) is 9.89 Å². The molecule has 5 nitrogen and oxygen atoms in total. The summed E-state index contributed by atoms with van der Waals surface area (Å²) in [5, 5.41) is 7.77. The van der Waals surface area contributed by atoms with Gasteiger partial charge in [0.1, 0.15) is 5.69 Å². The van der Waals surface area contributed by atoms with Crippen LogP contribution in [0.5, 0.6) is 0 Å². The summed E-state index contributed by atoms with van der Waals surface area (Å²) in [6.07, 6.45) is 0.816. The SMILES string of the molecule is CC1(C)CN(C(=O)c2cc(-c3ccc(Cl)cc3)n[nH]2)CCC1N.Cl. The molecule has 7 heteroatoms. The smallest absolute Gasteiger partial charge is 0.271 e. The maximum absolute atomic E-state index is 12.7. The molecule has 2 heterocycles. The van der Waals surface area contributed by atoms with E-state index in [1.54, 1.807) is 6.07 Å². The molecular formula is C17H22Cl2N4O. The molecule has 1 unspecified atom stereocenters. The number of nitrogens with one attached hydrogen (secondary N) is 1. The molecule has 2 aromatic rings. The van der Waals surface area contributed by atoms with E-state index in [1.165, 1.54) is 0 Å². The van der Waals surface area contributed by atoms with Gasteiger partial charge in [0, 0.05) is 29.7 Å². The number of amides is 1. The van der Waals surface area contributed by atoms with Crippen molar-refractivity contribution in [3.8, 4) is 11.3 Å². The third-order valence-corrected chi connectivity index (χ3v) is 4.80. The van der Waals surface area contributed by atoms with Gasteiger partial charge in [-0.25, -0.2) is 0 Å². The summed E-state index contributed by atoms with van der Waals surface area (Å²) in [4.78, 5) is 14.5. The van der Waals surface area contributed by atoms with Crippen molar-refractivity contribution in [2.45, 2.75) is 26.3 Å². The predicted octanol–water partition coefficient (Wildman–Crippen LogP) is 3.35. The first-order valence-corrected chi connectivity index (χ1v) is 8.11. The Kier molecular flexibility index (Phi) is 5.58. The van der Waals surface area contributed by atoms with Crippen molar-refractivity contribution in [1.82, 2.24) is 15.1 Å². The fourth-order valence-electron chi connectivity index (χ4n) is 2.92. The fraction of sp³-hybridized carbons (Fsp3) is 0.412. The number of rotatable bonds is 2. The average Bonchev–Trinajstić information content (AvgIpc) is 3.00. The zero-order chi connectivity index (χ0) is 16.6. The Morgan fingerprint density at radius 3 is 2.67 bits per heavy atom. The lowest BCUT2D eigenvalue weighted by molar-refractivity contribution is 0.0527. The van der Waals surface area contributed by atoms with E-state index in [2.05, 4.69) is 24.0 Å². The highest BCUT2D eigenvalue weighted by Gasteiger charge is 2.36. The van der Waals surface area contributed by atoms with Crippen LogP contribution in [0.4, 0.5) is 0 Å². The topological polar surface area (TPSA) is 75.0 Å². The fourth-order valence-corrected chi connectivity index (χ4v) is 3.04. The van der Waals surface area contributed by atoms with Gasteiger partial charge < -0.3 is 10.6 Å². The third-order valence-electron chi connectivity index (χ3n) is 4.55. The van der Waals surface area contributed by atoms with Crippen molar-refractivity contribution in [1.29, 1.82) is 0 Å². The molecule has 0 bridgehead atoms. The van der Waals surface area contributed by atoms with Crippen LogP contribution in [0.25, 0.3) is 11.3 Å². The number of benzene rings is 1. The van der Waals surface area contributed by atoms with Gasteiger partial charge in [-0.05, 0) is 30.0 Å². The Labute approximate surface area is 153 Å². The number of nitrogens with zero attached hydrogens (tertiary/aromatic N) is 2. The molecule has 0 aliphatic carbocycles. The van der Waals surface area contributed by atoms with E-state index in [0.717, 1.165) is 17.7 Å². The van der Waals surface area contributed by atoms with Gasteiger partial charge in [0.25, 0.3) is 5.91 Å². The highest BCUT2D eigenvalue weighted by molar-refractivity contribution is 6.30. The van der Waals surface area contributed by atoms with E-state index in [0.29, 0.717) is 23.8 Å². The van der Waals surface area contributed by atoms with Gasteiger partial charge in [0.15, 0.2) is 0 Å². The number of piperidine rings is 1. The van der Waals surface area contributed by atoms with Crippen molar-refractivity contribution in [3.05, 3.63) is 41.0 Å². The Hall–Kier alpha value is -1.56. The number of aromatic amines is 1. The van der Waals surface area contributed by atoms with Gasteiger partial charge in [-0.15, -0.1) is 12.4 Å². The summed E-state index contributed by atoms with van der Waals surface area (Å²) in [6.45, 7) is 5.54. The predicted molar refractivity (Wildman–Crippen MR) is 98.6 cm³/mol. The molecule has 1 saturated heterocycles. The van der Waals surface area contributed by atoms with Crippen LogP contribution in [0, 0.1) is 5.41 Å². The van der Waals surface area contributed by atoms with E-state index in [1.807, 2.05) is 29.2 Å². The zero-order valence-corrected chi connectivity index (χ0v) is 15.3. The minimum Gasteiger partial charge on any atom is -0.337 e. The molecule has 1 aromatic carbocycles. The molecule has 0 saturated carbocycles. The maximum atomic E-state index is 12.7. The molecule has 1 aliphatic rings. The minimum absolute atomic E-state index is 0. The monoisotopic (exact) mass is 368 g/mol. The lowest BCUT2D eigenvalue weighted by Gasteiger charge is -2.42. The first kappa shape index (κ1) is 18.8. The normalized spacial score (nSPS) is 19.7. The average molecular weight is 369 g/mol. The molecule has 1 aliphatic heterocycles. The molecular weight excluding hydrogens is 347 g/mol. The number of aromatic nitrogens is 2. The lowest BCUT2D eigenvalue weighted by atomic mass is 9.79. The highest BCUT2D eigenvalue weighted by atomic mass is 35.5. The first-order chi connectivity index (χ1) is 10.9. The molecule has 1 atom stereocenters. The maximum Gasteiger partial charge on any atom is 0.271 e. The highest BCUT2D eigenvalue weighted by Crippen LogP contribution is 2.29. The van der Waals surface area contributed by atoms with Crippen molar-refractivity contribution < 1.29 is 4.79 Å². The van der Waals surface area contributed by atoms with Crippen LogP contribution < -0.4 is 5.73 Å². The number of carbonyl (C=O) groups excluding carboxylic acids is 1. The molecule has 24 heavy (non-hydrogen) atoms. The van der Waals surface area contributed by atoms with Crippen LogP contribution in [-0.4, -0.2) is 40.1 Å². The molecule has 0 spiro atoms. The summed E-state index contributed by atoms with van der Waals surface area (Å²) in [7, 11) is 0. The summed E-state index contributed by atoms with van der Waals surface area (Å²) < 4.78 is 0. The number of H-pyrrole nitrogens is 1. The van der Waals surface area contributed by atoms with Gasteiger partial charge in [0.05, 0.1) is 5.69 Å².